The van der Waals surface area contributed by atoms with Crippen LogP contribution in [0, 0.1) is 0 Å². The van der Waals surface area contributed by atoms with Crippen LogP contribution in [0.3, 0.4) is 0 Å². The molecule has 20 heavy (non-hydrogen) atoms. The number of halogens is 1. The lowest BCUT2D eigenvalue weighted by atomic mass is 10.2. The first-order chi connectivity index (χ1) is 9.27. The van der Waals surface area contributed by atoms with Crippen molar-refractivity contribution in [1.82, 2.24) is 9.62 Å². The Kier molecular flexibility index (Phi) is 6.44. The molecule has 1 rings (SSSR count). The van der Waals surface area contributed by atoms with Crippen molar-refractivity contribution in [3.63, 3.8) is 0 Å². The van der Waals surface area contributed by atoms with Gasteiger partial charge in [0.25, 0.3) is 0 Å². The number of nitrogens with zero attached hydrogens (tertiary/aromatic N) is 1. The van der Waals surface area contributed by atoms with Crippen LogP contribution in [-0.2, 0) is 10.0 Å². The zero-order valence-electron chi connectivity index (χ0n) is 12.1. The van der Waals surface area contributed by atoms with E-state index in [1.165, 1.54) is 12.1 Å². The number of benzene rings is 1. The molecule has 5 nitrogen and oxygen atoms in total. The maximum Gasteiger partial charge on any atom is 0.240 e. The van der Waals surface area contributed by atoms with Crippen LogP contribution >= 0.6 is 15.9 Å². The van der Waals surface area contributed by atoms with Crippen molar-refractivity contribution in [2.45, 2.75) is 31.2 Å². The summed E-state index contributed by atoms with van der Waals surface area (Å²) in [6, 6.07) is 5.05. The van der Waals surface area contributed by atoms with Crippen molar-refractivity contribution in [2.75, 3.05) is 25.9 Å². The van der Waals surface area contributed by atoms with Gasteiger partial charge in [-0.05, 0) is 54.5 Å². The first kappa shape index (κ1) is 17.4. The molecule has 1 atom stereocenters. The second-order valence-electron chi connectivity index (χ2n) is 4.82. The predicted molar refractivity (Wildman–Crippen MR) is 86.1 cm³/mol. The Hall–Kier alpha value is -0.630. The molecule has 0 spiro atoms. The van der Waals surface area contributed by atoms with Crippen LogP contribution in [0.1, 0.15) is 20.3 Å². The van der Waals surface area contributed by atoms with Crippen molar-refractivity contribution >= 4 is 31.6 Å². The van der Waals surface area contributed by atoms with Gasteiger partial charge in [-0.3, -0.25) is 0 Å². The molecule has 0 fully saturated rings. The van der Waals surface area contributed by atoms with Crippen LogP contribution in [0.15, 0.2) is 27.6 Å². The van der Waals surface area contributed by atoms with Crippen molar-refractivity contribution in [2.24, 2.45) is 0 Å². The number of anilines is 1. The Morgan fingerprint density at radius 3 is 2.65 bits per heavy atom. The summed E-state index contributed by atoms with van der Waals surface area (Å²) in [5, 5.41) is 0. The molecular weight excluding hydrogens is 342 g/mol. The highest BCUT2D eigenvalue weighted by atomic mass is 79.9. The Labute approximate surface area is 129 Å². The van der Waals surface area contributed by atoms with E-state index in [4.69, 9.17) is 5.73 Å². The van der Waals surface area contributed by atoms with Gasteiger partial charge in [0.2, 0.25) is 10.0 Å². The summed E-state index contributed by atoms with van der Waals surface area (Å²) in [5.74, 6) is 0. The van der Waals surface area contributed by atoms with E-state index >= 15 is 0 Å². The summed E-state index contributed by atoms with van der Waals surface area (Å²) >= 11 is 3.24. The highest BCUT2D eigenvalue weighted by Crippen LogP contribution is 2.22. The average molecular weight is 364 g/mol. The van der Waals surface area contributed by atoms with Crippen LogP contribution < -0.4 is 10.5 Å². The van der Waals surface area contributed by atoms with Crippen molar-refractivity contribution < 1.29 is 8.42 Å². The van der Waals surface area contributed by atoms with E-state index in [1.807, 2.05) is 7.05 Å². The minimum absolute atomic E-state index is 0.185. The topological polar surface area (TPSA) is 75.4 Å². The van der Waals surface area contributed by atoms with E-state index < -0.39 is 10.0 Å². The highest BCUT2D eigenvalue weighted by Gasteiger charge is 2.15. The summed E-state index contributed by atoms with van der Waals surface area (Å²) in [7, 11) is -1.52. The quantitative estimate of drug-likeness (QED) is 0.726. The molecule has 0 radical (unpaired) electrons. The molecule has 0 heterocycles. The molecule has 0 saturated carbocycles. The number of nitrogens with two attached hydrogens (primary N) is 1. The van der Waals surface area contributed by atoms with Crippen LogP contribution in [0.5, 0.6) is 0 Å². The van der Waals surface area contributed by atoms with Gasteiger partial charge in [-0.25, -0.2) is 13.1 Å². The Morgan fingerprint density at radius 2 is 2.10 bits per heavy atom. The molecule has 0 aliphatic carbocycles. The lowest BCUT2D eigenvalue weighted by Crippen LogP contribution is -2.37. The van der Waals surface area contributed by atoms with Crippen LogP contribution in [0.4, 0.5) is 5.69 Å². The zero-order valence-corrected chi connectivity index (χ0v) is 14.5. The fraction of sp³-hybridized carbons (Fsp3) is 0.538. The monoisotopic (exact) mass is 363 g/mol. The Morgan fingerprint density at radius 1 is 1.45 bits per heavy atom. The lowest BCUT2D eigenvalue weighted by molar-refractivity contribution is 0.256. The minimum atomic E-state index is -3.51. The third-order valence-corrected chi connectivity index (χ3v) is 5.56. The van der Waals surface area contributed by atoms with E-state index in [2.05, 4.69) is 39.4 Å². The van der Waals surface area contributed by atoms with E-state index in [-0.39, 0.29) is 4.90 Å². The molecule has 1 aromatic carbocycles. The Balaban J connectivity index is 2.64. The van der Waals surface area contributed by atoms with E-state index in [0.29, 0.717) is 29.3 Å². The van der Waals surface area contributed by atoms with Gasteiger partial charge in [0, 0.05) is 29.3 Å². The molecule has 0 bridgehead atoms. The minimum Gasteiger partial charge on any atom is -0.398 e. The molecule has 3 N–H and O–H groups in total. The number of hydrogen-bond acceptors (Lipinski definition) is 4. The van der Waals surface area contributed by atoms with Gasteiger partial charge in [0.15, 0.2) is 0 Å². The average Bonchev–Trinajstić information content (AvgIpc) is 2.40. The van der Waals surface area contributed by atoms with Crippen molar-refractivity contribution in [3.05, 3.63) is 22.7 Å². The van der Waals surface area contributed by atoms with Crippen LogP contribution in [0.2, 0.25) is 0 Å². The molecule has 0 amide bonds. The predicted octanol–water partition coefficient (Wildman–Crippen LogP) is 2.04. The van der Waals surface area contributed by atoms with Crippen LogP contribution in [-0.4, -0.2) is 39.5 Å². The van der Waals surface area contributed by atoms with Crippen LogP contribution in [0.25, 0.3) is 0 Å². The normalized spacial score (nSPS) is 13.7. The van der Waals surface area contributed by atoms with E-state index in [1.54, 1.807) is 6.07 Å². The number of nitrogens with one attached hydrogen (secondary N) is 1. The molecular formula is C13H22BrN3O2S. The Bertz CT molecular complexity index is 549. The number of hydrogen-bond donors (Lipinski definition) is 2. The van der Waals surface area contributed by atoms with Gasteiger partial charge in [-0.1, -0.05) is 6.92 Å². The molecule has 0 aliphatic heterocycles. The summed E-state index contributed by atoms with van der Waals surface area (Å²) in [6.45, 7) is 5.26. The second kappa shape index (κ2) is 7.40. The van der Waals surface area contributed by atoms with E-state index in [0.717, 1.165) is 6.42 Å². The summed E-state index contributed by atoms with van der Waals surface area (Å²) < 4.78 is 27.5. The standard InChI is InChI=1S/C13H22BrN3O2S/c1-4-10(2)17(3)8-7-16-20(18,19)11-5-6-12(14)13(15)9-11/h5-6,9-10,16H,4,7-8,15H2,1-3H3. The van der Waals surface area contributed by atoms with Crippen molar-refractivity contribution in [3.8, 4) is 0 Å². The summed E-state index contributed by atoms with van der Waals surface area (Å²) in [4.78, 5) is 2.31. The van der Waals surface area contributed by atoms with Gasteiger partial charge >= 0.3 is 0 Å². The smallest absolute Gasteiger partial charge is 0.240 e. The van der Waals surface area contributed by atoms with Gasteiger partial charge in [0.05, 0.1) is 4.90 Å². The fourth-order valence-corrected chi connectivity index (χ4v) is 2.96. The summed E-state index contributed by atoms with van der Waals surface area (Å²) in [6.07, 6.45) is 1.03. The number of likely N-dealkylation sites (N-methyl/N-ethyl adjacent to an activating group) is 1. The van der Waals surface area contributed by atoms with Crippen molar-refractivity contribution in [1.29, 1.82) is 0 Å². The largest absolute Gasteiger partial charge is 0.398 e. The second-order valence-corrected chi connectivity index (χ2v) is 7.44. The molecule has 7 heteroatoms. The first-order valence-corrected chi connectivity index (χ1v) is 8.80. The van der Waals surface area contributed by atoms with Gasteiger partial charge in [-0.2, -0.15) is 0 Å². The molecule has 0 aromatic heterocycles. The number of rotatable bonds is 7. The van der Waals surface area contributed by atoms with Gasteiger partial charge in [0.1, 0.15) is 0 Å². The number of sulfonamides is 1. The summed E-state index contributed by atoms with van der Waals surface area (Å²) in [5.41, 5.74) is 6.11. The van der Waals surface area contributed by atoms with Gasteiger partial charge < -0.3 is 10.6 Å². The first-order valence-electron chi connectivity index (χ1n) is 6.53. The SMILES string of the molecule is CCC(C)N(C)CCNS(=O)(=O)c1ccc(Br)c(N)c1. The molecule has 0 aliphatic rings. The third kappa shape index (κ3) is 4.73. The van der Waals surface area contributed by atoms with Gasteiger partial charge in [-0.15, -0.1) is 0 Å². The van der Waals surface area contributed by atoms with E-state index in [9.17, 15) is 8.42 Å². The molecule has 1 unspecified atom stereocenters. The zero-order chi connectivity index (χ0) is 15.3. The fourth-order valence-electron chi connectivity index (χ4n) is 1.66. The lowest BCUT2D eigenvalue weighted by Gasteiger charge is -2.23. The maximum absolute atomic E-state index is 12.1. The molecule has 1 aromatic rings. The molecule has 114 valence electrons. The highest BCUT2D eigenvalue weighted by molar-refractivity contribution is 9.10. The maximum atomic E-state index is 12.1. The molecule has 0 saturated heterocycles. The third-order valence-electron chi connectivity index (χ3n) is 3.38. The number of nitrogen functional groups attached to an aromatic ring is 1.